The number of carbonyl (C=O) groups is 2. The highest BCUT2D eigenvalue weighted by molar-refractivity contribution is 6.76. The first-order valence-corrected chi connectivity index (χ1v) is 8.18. The van der Waals surface area contributed by atoms with Crippen LogP contribution in [0, 0.1) is 5.92 Å². The highest BCUT2D eigenvalue weighted by Crippen LogP contribution is 2.17. The Morgan fingerprint density at radius 2 is 1.77 bits per heavy atom. The van der Waals surface area contributed by atoms with E-state index in [2.05, 4.69) is 19.6 Å². The number of carboxylic acids is 1. The van der Waals surface area contributed by atoms with Gasteiger partial charge in [-0.15, -0.1) is 0 Å². The van der Waals surface area contributed by atoms with Crippen molar-refractivity contribution >= 4 is 19.8 Å². The van der Waals surface area contributed by atoms with E-state index >= 15 is 0 Å². The average molecular weight is 202 g/mol. The molecule has 0 aliphatic rings. The fourth-order valence-corrected chi connectivity index (χ4v) is 2.23. The minimum absolute atomic E-state index is 0.231. The van der Waals surface area contributed by atoms with Gasteiger partial charge >= 0.3 is 5.97 Å². The lowest BCUT2D eigenvalue weighted by Gasteiger charge is -2.17. The third-order valence-corrected chi connectivity index (χ3v) is 3.76. The molecule has 0 heterocycles. The molecule has 0 saturated heterocycles. The molecular weight excluding hydrogens is 184 g/mol. The maximum Gasteiger partial charge on any atom is 0.314 e. The van der Waals surface area contributed by atoms with Crippen LogP contribution in [0.5, 0.6) is 0 Å². The van der Waals surface area contributed by atoms with E-state index in [1.54, 1.807) is 0 Å². The van der Waals surface area contributed by atoms with Gasteiger partial charge in [0.1, 0.15) is 11.7 Å². The van der Waals surface area contributed by atoms with Gasteiger partial charge in [-0.25, -0.2) is 0 Å². The van der Waals surface area contributed by atoms with Gasteiger partial charge in [0.05, 0.1) is 0 Å². The number of rotatable bonds is 5. The van der Waals surface area contributed by atoms with Gasteiger partial charge in [0, 0.05) is 8.07 Å². The highest BCUT2D eigenvalue weighted by atomic mass is 28.3. The van der Waals surface area contributed by atoms with Crippen LogP contribution in [0.25, 0.3) is 0 Å². The molecule has 0 spiro atoms. The van der Waals surface area contributed by atoms with Gasteiger partial charge in [0.15, 0.2) is 0 Å². The summed E-state index contributed by atoms with van der Waals surface area (Å²) >= 11 is 0. The molecule has 3 nitrogen and oxygen atoms in total. The van der Waals surface area contributed by atoms with Crippen molar-refractivity contribution in [3.8, 4) is 0 Å². The molecule has 0 bridgehead atoms. The van der Waals surface area contributed by atoms with Crippen molar-refractivity contribution in [3.63, 3.8) is 0 Å². The molecule has 4 heteroatoms. The maximum absolute atomic E-state index is 10.9. The molecule has 1 N–H and O–H groups in total. The Balaban J connectivity index is 4.14. The summed E-state index contributed by atoms with van der Waals surface area (Å²) in [5, 5.41) is 8.74. The number of carboxylic acid groups (broad SMARTS) is 1. The molecule has 0 aliphatic heterocycles. The summed E-state index contributed by atoms with van der Waals surface area (Å²) in [5.74, 6) is -2.00. The maximum atomic E-state index is 10.9. The smallest absolute Gasteiger partial charge is 0.314 e. The van der Waals surface area contributed by atoms with Gasteiger partial charge in [-0.2, -0.15) is 0 Å². The van der Waals surface area contributed by atoms with Gasteiger partial charge in [0.2, 0.25) is 0 Å². The molecular formula is C9H18O3Si. The molecule has 0 radical (unpaired) electrons. The fraction of sp³-hybridized carbons (Fsp3) is 0.778. The van der Waals surface area contributed by atoms with Crippen LogP contribution in [-0.2, 0) is 9.59 Å². The summed E-state index contributed by atoms with van der Waals surface area (Å²) < 4.78 is 0. The Morgan fingerprint density at radius 1 is 1.31 bits per heavy atom. The standard InChI is InChI=1S/C9H18O3Si/c1-7(10)8(9(11)12)5-6-13(2,3)4/h8H,5-6H2,1-4H3,(H,11,12). The zero-order valence-corrected chi connectivity index (χ0v) is 9.76. The first-order chi connectivity index (χ1) is 5.74. The molecule has 0 aromatic carbocycles. The number of ketones is 1. The first-order valence-electron chi connectivity index (χ1n) is 4.47. The zero-order valence-electron chi connectivity index (χ0n) is 8.76. The van der Waals surface area contributed by atoms with Gasteiger partial charge in [0.25, 0.3) is 0 Å². The Hall–Kier alpha value is -0.643. The van der Waals surface area contributed by atoms with Crippen molar-refractivity contribution in [1.29, 1.82) is 0 Å². The van der Waals surface area contributed by atoms with E-state index in [0.29, 0.717) is 6.42 Å². The number of aliphatic carboxylic acids is 1. The van der Waals surface area contributed by atoms with Crippen LogP contribution in [0.4, 0.5) is 0 Å². The largest absolute Gasteiger partial charge is 0.481 e. The lowest BCUT2D eigenvalue weighted by molar-refractivity contribution is -0.145. The monoisotopic (exact) mass is 202 g/mol. The Labute approximate surface area is 80.2 Å². The predicted molar refractivity (Wildman–Crippen MR) is 54.6 cm³/mol. The van der Waals surface area contributed by atoms with Crippen LogP contribution in [0.1, 0.15) is 13.3 Å². The lowest BCUT2D eigenvalue weighted by atomic mass is 10.0. The number of hydrogen-bond donors (Lipinski definition) is 1. The van der Waals surface area contributed by atoms with Crippen LogP contribution in [0.2, 0.25) is 25.7 Å². The molecule has 1 unspecified atom stereocenters. The molecule has 0 aromatic rings. The molecule has 0 amide bonds. The average Bonchev–Trinajstić information content (AvgIpc) is 1.82. The Bertz CT molecular complexity index is 191. The molecule has 13 heavy (non-hydrogen) atoms. The fourth-order valence-electron chi connectivity index (χ4n) is 1.08. The van der Waals surface area contributed by atoms with Crippen LogP contribution in [-0.4, -0.2) is 24.9 Å². The van der Waals surface area contributed by atoms with E-state index in [-0.39, 0.29) is 5.78 Å². The summed E-state index contributed by atoms with van der Waals surface area (Å²) in [7, 11) is -1.23. The first kappa shape index (κ1) is 12.4. The van der Waals surface area contributed by atoms with Crippen molar-refractivity contribution in [2.45, 2.75) is 39.0 Å². The minimum Gasteiger partial charge on any atom is -0.481 e. The highest BCUT2D eigenvalue weighted by Gasteiger charge is 2.25. The molecule has 0 rings (SSSR count). The normalized spacial score (nSPS) is 13.8. The summed E-state index contributed by atoms with van der Waals surface area (Å²) in [6.45, 7) is 7.87. The molecule has 0 aromatic heterocycles. The van der Waals surface area contributed by atoms with Crippen molar-refractivity contribution < 1.29 is 14.7 Å². The van der Waals surface area contributed by atoms with E-state index in [9.17, 15) is 9.59 Å². The number of Topliss-reactive ketones (excluding diaryl/α,β-unsaturated/α-hetero) is 1. The van der Waals surface area contributed by atoms with Crippen LogP contribution < -0.4 is 0 Å². The minimum atomic E-state index is -1.23. The quantitative estimate of drug-likeness (QED) is 0.548. The van der Waals surface area contributed by atoms with Gasteiger partial charge < -0.3 is 5.11 Å². The number of carbonyl (C=O) groups excluding carboxylic acids is 1. The topological polar surface area (TPSA) is 54.4 Å². The second kappa shape index (κ2) is 4.55. The zero-order chi connectivity index (χ0) is 10.6. The molecule has 0 aliphatic carbocycles. The van der Waals surface area contributed by atoms with E-state index in [0.717, 1.165) is 6.04 Å². The Morgan fingerprint density at radius 3 is 2.00 bits per heavy atom. The van der Waals surface area contributed by atoms with Crippen LogP contribution in [0.3, 0.4) is 0 Å². The van der Waals surface area contributed by atoms with Crippen LogP contribution >= 0.6 is 0 Å². The van der Waals surface area contributed by atoms with Gasteiger partial charge in [-0.3, -0.25) is 9.59 Å². The van der Waals surface area contributed by atoms with E-state index in [4.69, 9.17) is 5.11 Å². The molecule has 0 saturated carbocycles. The van der Waals surface area contributed by atoms with Crippen molar-refractivity contribution in [3.05, 3.63) is 0 Å². The van der Waals surface area contributed by atoms with Crippen molar-refractivity contribution in [2.24, 2.45) is 5.92 Å². The third-order valence-electron chi connectivity index (χ3n) is 1.97. The van der Waals surface area contributed by atoms with Crippen molar-refractivity contribution in [1.82, 2.24) is 0 Å². The molecule has 76 valence electrons. The van der Waals surface area contributed by atoms with E-state index in [1.165, 1.54) is 6.92 Å². The van der Waals surface area contributed by atoms with E-state index in [1.807, 2.05) is 0 Å². The summed E-state index contributed by atoms with van der Waals surface area (Å²) in [6, 6.07) is 0.892. The van der Waals surface area contributed by atoms with E-state index < -0.39 is 20.0 Å². The van der Waals surface area contributed by atoms with Gasteiger partial charge in [-0.1, -0.05) is 25.7 Å². The second-order valence-corrected chi connectivity index (χ2v) is 10.2. The molecule has 1 atom stereocenters. The summed E-state index contributed by atoms with van der Waals surface area (Å²) in [6.07, 6.45) is 0.500. The molecule has 0 fully saturated rings. The SMILES string of the molecule is CC(=O)C(CC[Si](C)(C)C)C(=O)O. The van der Waals surface area contributed by atoms with Crippen LogP contribution in [0.15, 0.2) is 0 Å². The Kier molecular flexibility index (Phi) is 4.33. The summed E-state index contributed by atoms with van der Waals surface area (Å²) in [5.41, 5.74) is 0. The summed E-state index contributed by atoms with van der Waals surface area (Å²) in [4.78, 5) is 21.6. The predicted octanol–water partition coefficient (Wildman–Crippen LogP) is 2.00. The van der Waals surface area contributed by atoms with Crippen molar-refractivity contribution in [2.75, 3.05) is 0 Å². The third kappa shape index (κ3) is 5.57. The lowest BCUT2D eigenvalue weighted by Crippen LogP contribution is -2.26. The number of hydrogen-bond acceptors (Lipinski definition) is 2. The second-order valence-electron chi connectivity index (χ2n) is 4.60. The van der Waals surface area contributed by atoms with Gasteiger partial charge in [-0.05, 0) is 13.3 Å².